The van der Waals surface area contributed by atoms with Gasteiger partial charge in [0.1, 0.15) is 11.8 Å². The summed E-state index contributed by atoms with van der Waals surface area (Å²) in [5.74, 6) is 0. The van der Waals surface area contributed by atoms with Crippen molar-refractivity contribution in [1.29, 1.82) is 0 Å². The molecule has 0 aromatic heterocycles. The van der Waals surface area contributed by atoms with Crippen molar-refractivity contribution in [2.24, 2.45) is 5.16 Å². The van der Waals surface area contributed by atoms with Crippen LogP contribution < -0.4 is 0 Å². The summed E-state index contributed by atoms with van der Waals surface area (Å²) in [5, 5.41) is 13.9. The van der Waals surface area contributed by atoms with Gasteiger partial charge in [-0.25, -0.2) is 0 Å². The van der Waals surface area contributed by atoms with E-state index in [9.17, 15) is 5.11 Å². The van der Waals surface area contributed by atoms with Gasteiger partial charge in [0, 0.05) is 5.56 Å². The summed E-state index contributed by atoms with van der Waals surface area (Å²) in [5.41, 5.74) is 1.58. The summed E-state index contributed by atoms with van der Waals surface area (Å²) in [4.78, 5) is 5.21. The van der Waals surface area contributed by atoms with Crippen LogP contribution in [-0.4, -0.2) is 23.0 Å². The smallest absolute Gasteiger partial charge is 0.159 e. The average Bonchev–Trinajstić information content (AvgIpc) is 2.63. The molecule has 15 heavy (non-hydrogen) atoms. The quantitative estimate of drug-likeness (QED) is 0.819. The van der Waals surface area contributed by atoms with Crippen LogP contribution in [0.25, 0.3) is 0 Å². The zero-order valence-electron chi connectivity index (χ0n) is 8.76. The number of aliphatic hydroxyl groups is 1. The number of hydrogen-bond acceptors (Lipinski definition) is 3. The minimum Gasteiger partial charge on any atom is -0.389 e. The second-order valence-electron chi connectivity index (χ2n) is 3.72. The Kier molecular flexibility index (Phi) is 3.02. The van der Waals surface area contributed by atoms with Crippen molar-refractivity contribution in [2.45, 2.75) is 32.0 Å². The minimum atomic E-state index is -0.590. The summed E-state index contributed by atoms with van der Waals surface area (Å²) >= 11 is 0. The number of oxime groups is 1. The van der Waals surface area contributed by atoms with Crippen LogP contribution in [0, 0.1) is 0 Å². The van der Waals surface area contributed by atoms with E-state index in [0.717, 1.165) is 18.4 Å². The summed E-state index contributed by atoms with van der Waals surface area (Å²) in [7, 11) is 0. The van der Waals surface area contributed by atoms with Crippen molar-refractivity contribution >= 4 is 5.71 Å². The minimum absolute atomic E-state index is 0.176. The predicted molar refractivity (Wildman–Crippen MR) is 58.8 cm³/mol. The predicted octanol–water partition coefficient (Wildman–Crippen LogP) is 1.95. The molecule has 80 valence electrons. The lowest BCUT2D eigenvalue weighted by molar-refractivity contribution is 0.0162. The first kappa shape index (κ1) is 10.2. The molecule has 1 N–H and O–H groups in total. The molecule has 0 unspecified atom stereocenters. The first-order valence-electron chi connectivity index (χ1n) is 5.30. The maximum atomic E-state index is 9.98. The SMILES string of the molecule is CCC[C@@H]1ON=C(c2ccccc2)[C@H]1O. The highest BCUT2D eigenvalue weighted by Gasteiger charge is 2.32. The van der Waals surface area contributed by atoms with Crippen LogP contribution in [0.5, 0.6) is 0 Å². The molecule has 0 radical (unpaired) electrons. The Balaban J connectivity index is 2.13. The molecule has 0 saturated heterocycles. The van der Waals surface area contributed by atoms with Crippen LogP contribution in [0.1, 0.15) is 25.3 Å². The van der Waals surface area contributed by atoms with Gasteiger partial charge in [0.2, 0.25) is 0 Å². The molecule has 0 bridgehead atoms. The van der Waals surface area contributed by atoms with Crippen LogP contribution in [-0.2, 0) is 4.84 Å². The Bertz CT molecular complexity index is 348. The molecule has 0 spiro atoms. The molecule has 3 heteroatoms. The standard InChI is InChI=1S/C12H15NO2/c1-2-6-10-12(14)11(13-15-10)9-7-4-3-5-8-9/h3-5,7-8,10,12,14H,2,6H2,1H3/t10-,12-/m0/s1. The van der Waals surface area contributed by atoms with E-state index >= 15 is 0 Å². The van der Waals surface area contributed by atoms with Crippen LogP contribution in [0.3, 0.4) is 0 Å². The van der Waals surface area contributed by atoms with E-state index in [4.69, 9.17) is 4.84 Å². The summed E-state index contributed by atoms with van der Waals surface area (Å²) in [6.07, 6.45) is 1.05. The molecule has 0 saturated carbocycles. The molecule has 0 aliphatic carbocycles. The average molecular weight is 205 g/mol. The number of benzene rings is 1. The van der Waals surface area contributed by atoms with Crippen LogP contribution in [0.2, 0.25) is 0 Å². The number of rotatable bonds is 3. The molecule has 0 fully saturated rings. The molecule has 1 aromatic carbocycles. The normalized spacial score (nSPS) is 24.8. The van der Waals surface area contributed by atoms with Crippen LogP contribution in [0.4, 0.5) is 0 Å². The molecular weight excluding hydrogens is 190 g/mol. The van der Waals surface area contributed by atoms with Gasteiger partial charge in [0.25, 0.3) is 0 Å². The Morgan fingerprint density at radius 1 is 1.33 bits per heavy atom. The molecule has 0 amide bonds. The monoisotopic (exact) mass is 205 g/mol. The molecule has 3 nitrogen and oxygen atoms in total. The molecule has 2 rings (SSSR count). The summed E-state index contributed by atoms with van der Waals surface area (Å²) in [6.45, 7) is 2.07. The van der Waals surface area contributed by atoms with Gasteiger partial charge >= 0.3 is 0 Å². The fourth-order valence-corrected chi connectivity index (χ4v) is 1.74. The Morgan fingerprint density at radius 2 is 2.07 bits per heavy atom. The fraction of sp³-hybridized carbons (Fsp3) is 0.417. The van der Waals surface area contributed by atoms with Gasteiger partial charge in [-0.1, -0.05) is 48.8 Å². The van der Waals surface area contributed by atoms with Gasteiger partial charge in [0.15, 0.2) is 6.10 Å². The van der Waals surface area contributed by atoms with Gasteiger partial charge < -0.3 is 9.94 Å². The summed E-state index contributed by atoms with van der Waals surface area (Å²) < 4.78 is 0. The molecule has 1 aromatic rings. The van der Waals surface area contributed by atoms with E-state index in [0.29, 0.717) is 5.71 Å². The summed E-state index contributed by atoms with van der Waals surface area (Å²) in [6, 6.07) is 9.66. The van der Waals surface area contributed by atoms with E-state index in [1.54, 1.807) is 0 Å². The third-order valence-corrected chi connectivity index (χ3v) is 2.56. The fourth-order valence-electron chi connectivity index (χ4n) is 1.74. The second-order valence-corrected chi connectivity index (χ2v) is 3.72. The Labute approximate surface area is 89.4 Å². The Morgan fingerprint density at radius 3 is 2.73 bits per heavy atom. The van der Waals surface area contributed by atoms with Crippen LogP contribution >= 0.6 is 0 Å². The molecule has 1 aliphatic rings. The van der Waals surface area contributed by atoms with Gasteiger partial charge in [-0.15, -0.1) is 0 Å². The largest absolute Gasteiger partial charge is 0.389 e. The number of nitrogens with zero attached hydrogens (tertiary/aromatic N) is 1. The number of hydrogen-bond donors (Lipinski definition) is 1. The zero-order valence-corrected chi connectivity index (χ0v) is 8.76. The Hall–Kier alpha value is -1.35. The molecule has 2 atom stereocenters. The van der Waals surface area contributed by atoms with Gasteiger partial charge in [0.05, 0.1) is 0 Å². The lowest BCUT2D eigenvalue weighted by Gasteiger charge is -2.12. The van der Waals surface area contributed by atoms with Crippen molar-refractivity contribution in [3.63, 3.8) is 0 Å². The van der Waals surface area contributed by atoms with Crippen molar-refractivity contribution in [1.82, 2.24) is 0 Å². The van der Waals surface area contributed by atoms with E-state index in [-0.39, 0.29) is 6.10 Å². The van der Waals surface area contributed by atoms with E-state index in [1.807, 2.05) is 30.3 Å². The first-order valence-corrected chi connectivity index (χ1v) is 5.30. The topological polar surface area (TPSA) is 41.8 Å². The second kappa shape index (κ2) is 4.45. The maximum Gasteiger partial charge on any atom is 0.159 e. The van der Waals surface area contributed by atoms with E-state index < -0.39 is 6.10 Å². The highest BCUT2D eigenvalue weighted by molar-refractivity contribution is 6.04. The zero-order chi connectivity index (χ0) is 10.7. The molecule has 1 aliphatic heterocycles. The van der Waals surface area contributed by atoms with Crippen molar-refractivity contribution < 1.29 is 9.94 Å². The van der Waals surface area contributed by atoms with Gasteiger partial charge in [-0.3, -0.25) is 0 Å². The van der Waals surface area contributed by atoms with E-state index in [2.05, 4.69) is 12.1 Å². The van der Waals surface area contributed by atoms with E-state index in [1.165, 1.54) is 0 Å². The lowest BCUT2D eigenvalue weighted by Crippen LogP contribution is -2.29. The molecular formula is C12H15NO2. The number of aliphatic hydroxyl groups excluding tert-OH is 1. The maximum absolute atomic E-state index is 9.98. The first-order chi connectivity index (χ1) is 7.33. The highest BCUT2D eigenvalue weighted by atomic mass is 16.7. The lowest BCUT2D eigenvalue weighted by atomic mass is 10.00. The van der Waals surface area contributed by atoms with Crippen molar-refractivity contribution in [3.05, 3.63) is 35.9 Å². The van der Waals surface area contributed by atoms with Gasteiger partial charge in [-0.2, -0.15) is 0 Å². The highest BCUT2D eigenvalue weighted by Crippen LogP contribution is 2.20. The third kappa shape index (κ3) is 2.02. The molecule has 1 heterocycles. The van der Waals surface area contributed by atoms with Crippen LogP contribution in [0.15, 0.2) is 35.5 Å². The third-order valence-electron chi connectivity index (χ3n) is 2.56. The van der Waals surface area contributed by atoms with Crippen molar-refractivity contribution in [2.75, 3.05) is 0 Å². The van der Waals surface area contributed by atoms with Crippen molar-refractivity contribution in [3.8, 4) is 0 Å². The van der Waals surface area contributed by atoms with Gasteiger partial charge in [-0.05, 0) is 6.42 Å².